The molecule has 1 unspecified atom stereocenters. The third kappa shape index (κ3) is 2.06. The molecule has 20 heavy (non-hydrogen) atoms. The second-order valence-corrected chi connectivity index (χ2v) is 4.45. The maximum atomic E-state index is 11.4. The molecule has 0 spiro atoms. The molecule has 0 radical (unpaired) electrons. The van der Waals surface area contributed by atoms with Gasteiger partial charge in [0.25, 0.3) is 0 Å². The molecule has 0 saturated carbocycles. The highest BCUT2D eigenvalue weighted by Crippen LogP contribution is 2.23. The Morgan fingerprint density at radius 3 is 2.50 bits per heavy atom. The Morgan fingerprint density at radius 1 is 1.10 bits per heavy atom. The lowest BCUT2D eigenvalue weighted by atomic mass is 10.0. The molecule has 0 aliphatic carbocycles. The van der Waals surface area contributed by atoms with Gasteiger partial charge in [-0.3, -0.25) is 9.59 Å². The van der Waals surface area contributed by atoms with E-state index < -0.39 is 11.1 Å². The average molecular weight is 271 g/mol. The molecule has 3 aromatic rings. The van der Waals surface area contributed by atoms with Crippen LogP contribution in [-0.2, 0) is 0 Å². The molecule has 3 rings (SSSR count). The van der Waals surface area contributed by atoms with E-state index in [1.807, 2.05) is 31.3 Å². The van der Waals surface area contributed by atoms with Crippen molar-refractivity contribution >= 4 is 11.0 Å². The molecular formula is C14H13N3O3. The topological polar surface area (TPSA) is 90.9 Å². The third-order valence-corrected chi connectivity index (χ3v) is 3.20. The number of hydrogen-bond acceptors (Lipinski definition) is 4. The van der Waals surface area contributed by atoms with E-state index in [0.717, 1.165) is 11.3 Å². The number of aromatic nitrogens is 2. The van der Waals surface area contributed by atoms with Crippen LogP contribution in [0.4, 0.5) is 0 Å². The van der Waals surface area contributed by atoms with E-state index in [1.165, 1.54) is 0 Å². The van der Waals surface area contributed by atoms with Crippen LogP contribution >= 0.6 is 0 Å². The molecule has 6 heteroatoms. The van der Waals surface area contributed by atoms with Gasteiger partial charge in [0.1, 0.15) is 5.76 Å². The summed E-state index contributed by atoms with van der Waals surface area (Å²) in [7, 11) is 1.83. The van der Waals surface area contributed by atoms with E-state index in [2.05, 4.69) is 15.3 Å². The highest BCUT2D eigenvalue weighted by Gasteiger charge is 2.15. The fourth-order valence-electron chi connectivity index (χ4n) is 2.24. The first-order valence-corrected chi connectivity index (χ1v) is 6.16. The maximum Gasteiger partial charge on any atom is 0.314 e. The summed E-state index contributed by atoms with van der Waals surface area (Å²) < 4.78 is 5.40. The van der Waals surface area contributed by atoms with Crippen molar-refractivity contribution in [2.45, 2.75) is 6.04 Å². The largest absolute Gasteiger partial charge is 0.467 e. The van der Waals surface area contributed by atoms with Gasteiger partial charge in [-0.2, -0.15) is 0 Å². The fourth-order valence-corrected chi connectivity index (χ4v) is 2.24. The number of H-pyrrole nitrogens is 2. The summed E-state index contributed by atoms with van der Waals surface area (Å²) in [6.45, 7) is 0. The SMILES string of the molecule is CNC(c1ccc2[nH]c(=O)c(=O)[nH]c2c1)c1ccco1. The van der Waals surface area contributed by atoms with Crippen molar-refractivity contribution < 1.29 is 4.42 Å². The molecule has 0 aliphatic heterocycles. The van der Waals surface area contributed by atoms with E-state index in [-0.39, 0.29) is 6.04 Å². The van der Waals surface area contributed by atoms with Gasteiger partial charge < -0.3 is 19.7 Å². The quantitative estimate of drug-likeness (QED) is 0.622. The minimum absolute atomic E-state index is 0.121. The van der Waals surface area contributed by atoms with Crippen LogP contribution in [0.15, 0.2) is 50.6 Å². The van der Waals surface area contributed by atoms with Gasteiger partial charge in [0.2, 0.25) is 0 Å². The first-order chi connectivity index (χ1) is 9.69. The molecule has 6 nitrogen and oxygen atoms in total. The zero-order valence-corrected chi connectivity index (χ0v) is 10.8. The van der Waals surface area contributed by atoms with Gasteiger partial charge in [0, 0.05) is 0 Å². The van der Waals surface area contributed by atoms with Crippen LogP contribution in [-0.4, -0.2) is 17.0 Å². The van der Waals surface area contributed by atoms with Gasteiger partial charge in [-0.1, -0.05) is 6.07 Å². The summed E-state index contributed by atoms with van der Waals surface area (Å²) in [6, 6.07) is 9.03. The minimum atomic E-state index is -0.659. The lowest BCUT2D eigenvalue weighted by Gasteiger charge is -2.14. The molecular weight excluding hydrogens is 258 g/mol. The van der Waals surface area contributed by atoms with E-state index in [0.29, 0.717) is 11.0 Å². The predicted octanol–water partition coefficient (Wildman–Crippen LogP) is 1.12. The van der Waals surface area contributed by atoms with Crippen LogP contribution in [0.3, 0.4) is 0 Å². The van der Waals surface area contributed by atoms with Crippen LogP contribution in [0.25, 0.3) is 11.0 Å². The Kier molecular flexibility index (Phi) is 3.00. The molecule has 1 atom stereocenters. The number of aromatic amines is 2. The highest BCUT2D eigenvalue weighted by atomic mass is 16.3. The maximum absolute atomic E-state index is 11.4. The second-order valence-electron chi connectivity index (χ2n) is 4.45. The molecule has 0 aliphatic rings. The first-order valence-electron chi connectivity index (χ1n) is 6.16. The molecule has 0 amide bonds. The average Bonchev–Trinajstić information content (AvgIpc) is 2.95. The van der Waals surface area contributed by atoms with Crippen molar-refractivity contribution in [2.24, 2.45) is 0 Å². The molecule has 0 bridgehead atoms. The smallest absolute Gasteiger partial charge is 0.314 e. The predicted molar refractivity (Wildman–Crippen MR) is 74.8 cm³/mol. The monoisotopic (exact) mass is 271 g/mol. The molecule has 2 heterocycles. The van der Waals surface area contributed by atoms with Crippen molar-refractivity contribution in [1.82, 2.24) is 15.3 Å². The minimum Gasteiger partial charge on any atom is -0.467 e. The van der Waals surface area contributed by atoms with Crippen molar-refractivity contribution in [3.63, 3.8) is 0 Å². The van der Waals surface area contributed by atoms with Crippen molar-refractivity contribution in [3.8, 4) is 0 Å². The van der Waals surface area contributed by atoms with Gasteiger partial charge in [-0.25, -0.2) is 0 Å². The summed E-state index contributed by atoms with van der Waals surface area (Å²) in [5.74, 6) is 0.777. The summed E-state index contributed by atoms with van der Waals surface area (Å²) in [4.78, 5) is 27.7. The Bertz CT molecular complexity index is 846. The number of fused-ring (bicyclic) bond motifs is 1. The molecule has 0 saturated heterocycles. The van der Waals surface area contributed by atoms with E-state index in [1.54, 1.807) is 12.3 Å². The van der Waals surface area contributed by atoms with Gasteiger partial charge in [0.15, 0.2) is 0 Å². The summed E-state index contributed by atoms with van der Waals surface area (Å²) in [5.41, 5.74) is 0.791. The van der Waals surface area contributed by atoms with Gasteiger partial charge in [-0.05, 0) is 36.9 Å². The summed E-state index contributed by atoms with van der Waals surface area (Å²) in [6.07, 6.45) is 1.61. The lowest BCUT2D eigenvalue weighted by molar-refractivity contribution is 0.463. The van der Waals surface area contributed by atoms with Crippen LogP contribution in [0, 0.1) is 0 Å². The van der Waals surface area contributed by atoms with Gasteiger partial charge in [-0.15, -0.1) is 0 Å². The Morgan fingerprint density at radius 2 is 1.85 bits per heavy atom. The molecule has 3 N–H and O–H groups in total. The fraction of sp³-hybridized carbons (Fsp3) is 0.143. The third-order valence-electron chi connectivity index (χ3n) is 3.20. The van der Waals surface area contributed by atoms with Crippen LogP contribution in [0.1, 0.15) is 17.4 Å². The Hall–Kier alpha value is -2.60. The van der Waals surface area contributed by atoms with Crippen molar-refractivity contribution in [2.75, 3.05) is 7.05 Å². The highest BCUT2D eigenvalue weighted by molar-refractivity contribution is 5.74. The van der Waals surface area contributed by atoms with Crippen LogP contribution in [0.5, 0.6) is 0 Å². The Balaban J connectivity index is 2.15. The number of rotatable bonds is 3. The zero-order chi connectivity index (χ0) is 14.1. The molecule has 2 aromatic heterocycles. The number of benzene rings is 1. The first kappa shape index (κ1) is 12.4. The normalized spacial score (nSPS) is 12.7. The van der Waals surface area contributed by atoms with Crippen molar-refractivity contribution in [1.29, 1.82) is 0 Å². The van der Waals surface area contributed by atoms with Crippen molar-refractivity contribution in [3.05, 3.63) is 68.6 Å². The number of nitrogens with one attached hydrogen (secondary N) is 3. The van der Waals surface area contributed by atoms with Gasteiger partial charge in [0.05, 0.1) is 23.3 Å². The summed E-state index contributed by atoms with van der Waals surface area (Å²) >= 11 is 0. The Labute approximate surface area is 113 Å². The molecule has 102 valence electrons. The second kappa shape index (κ2) is 4.82. The number of furan rings is 1. The van der Waals surface area contributed by atoms with Crippen LogP contribution < -0.4 is 16.4 Å². The standard InChI is InChI=1S/C14H13N3O3/c1-15-12(11-3-2-6-20-11)8-4-5-9-10(7-8)17-14(19)13(18)16-9/h2-7,12,15H,1H3,(H,16,18)(H,17,19). The lowest BCUT2D eigenvalue weighted by Crippen LogP contribution is -2.29. The zero-order valence-electron chi connectivity index (χ0n) is 10.8. The van der Waals surface area contributed by atoms with Crippen LogP contribution in [0.2, 0.25) is 0 Å². The van der Waals surface area contributed by atoms with E-state index in [4.69, 9.17) is 4.42 Å². The summed E-state index contributed by atoms with van der Waals surface area (Å²) in [5, 5.41) is 3.15. The van der Waals surface area contributed by atoms with E-state index >= 15 is 0 Å². The van der Waals surface area contributed by atoms with Gasteiger partial charge >= 0.3 is 11.1 Å². The van der Waals surface area contributed by atoms with E-state index in [9.17, 15) is 9.59 Å². The number of hydrogen-bond donors (Lipinski definition) is 3. The molecule has 0 fully saturated rings. The molecule has 1 aromatic carbocycles.